The first-order valence-corrected chi connectivity index (χ1v) is 10.0. The standard InChI is InChI=1S/C21H30N2O3/c1-13(2)18(19(24)22-11-14-3-4-26-12-14)23-20(25)21-8-15-5-16(9-21)7-17(6-15)10-21/h3-4,12-13,15-18H,5-11H2,1-2H3,(H,22,24)(H,23,25)/t15?,16?,17?,18-,21?/m0/s1. The van der Waals surface area contributed by atoms with Gasteiger partial charge in [-0.3, -0.25) is 9.59 Å². The molecule has 0 spiro atoms. The van der Waals surface area contributed by atoms with E-state index in [1.54, 1.807) is 12.5 Å². The Labute approximate surface area is 155 Å². The van der Waals surface area contributed by atoms with Crippen LogP contribution in [-0.2, 0) is 16.1 Å². The highest BCUT2D eigenvalue weighted by Crippen LogP contribution is 2.60. The molecule has 4 aliphatic carbocycles. The lowest BCUT2D eigenvalue weighted by atomic mass is 9.49. The van der Waals surface area contributed by atoms with Gasteiger partial charge in [0.25, 0.3) is 0 Å². The van der Waals surface area contributed by atoms with E-state index in [9.17, 15) is 9.59 Å². The lowest BCUT2D eigenvalue weighted by Gasteiger charge is -2.55. The number of hydrogen-bond acceptors (Lipinski definition) is 3. The Kier molecular flexibility index (Phi) is 4.57. The van der Waals surface area contributed by atoms with Gasteiger partial charge >= 0.3 is 0 Å². The van der Waals surface area contributed by atoms with Gasteiger partial charge in [-0.1, -0.05) is 13.8 Å². The summed E-state index contributed by atoms with van der Waals surface area (Å²) in [6, 6.07) is 1.35. The van der Waals surface area contributed by atoms with E-state index in [0.29, 0.717) is 6.54 Å². The number of carbonyl (C=O) groups excluding carboxylic acids is 2. The zero-order chi connectivity index (χ0) is 18.3. The molecule has 0 aliphatic heterocycles. The van der Waals surface area contributed by atoms with Gasteiger partial charge in [-0.25, -0.2) is 0 Å². The van der Waals surface area contributed by atoms with Crippen molar-refractivity contribution in [2.75, 3.05) is 0 Å². The van der Waals surface area contributed by atoms with Gasteiger partial charge < -0.3 is 15.1 Å². The van der Waals surface area contributed by atoms with Crippen molar-refractivity contribution in [1.29, 1.82) is 0 Å². The first-order chi connectivity index (χ1) is 12.4. The average molecular weight is 358 g/mol. The van der Waals surface area contributed by atoms with Crippen molar-refractivity contribution < 1.29 is 14.0 Å². The van der Waals surface area contributed by atoms with E-state index in [-0.39, 0.29) is 23.1 Å². The molecular formula is C21H30N2O3. The summed E-state index contributed by atoms with van der Waals surface area (Å²) in [6.07, 6.45) is 10.2. The molecule has 0 unspecified atom stereocenters. The predicted molar refractivity (Wildman–Crippen MR) is 97.9 cm³/mol. The van der Waals surface area contributed by atoms with Crippen LogP contribution in [0.15, 0.2) is 23.0 Å². The summed E-state index contributed by atoms with van der Waals surface area (Å²) in [5.41, 5.74) is 0.709. The molecule has 0 saturated heterocycles. The Hall–Kier alpha value is -1.78. The van der Waals surface area contributed by atoms with Crippen molar-refractivity contribution in [1.82, 2.24) is 10.6 Å². The molecule has 0 radical (unpaired) electrons. The van der Waals surface area contributed by atoms with Crippen LogP contribution in [0.2, 0.25) is 0 Å². The molecule has 0 aromatic carbocycles. The largest absolute Gasteiger partial charge is 0.472 e. The minimum Gasteiger partial charge on any atom is -0.472 e. The Morgan fingerprint density at radius 3 is 2.27 bits per heavy atom. The maximum atomic E-state index is 13.2. The molecule has 26 heavy (non-hydrogen) atoms. The van der Waals surface area contributed by atoms with E-state index >= 15 is 0 Å². The van der Waals surface area contributed by atoms with Gasteiger partial charge in [0.15, 0.2) is 0 Å². The lowest BCUT2D eigenvalue weighted by Crippen LogP contribution is -2.58. The van der Waals surface area contributed by atoms with Crippen molar-refractivity contribution in [3.63, 3.8) is 0 Å². The SMILES string of the molecule is CC(C)[C@H](NC(=O)C12CC3CC(CC(C3)C1)C2)C(=O)NCc1ccoc1. The van der Waals surface area contributed by atoms with Crippen LogP contribution in [0, 0.1) is 29.1 Å². The van der Waals surface area contributed by atoms with Crippen LogP contribution in [0.4, 0.5) is 0 Å². The van der Waals surface area contributed by atoms with E-state index in [1.807, 2.05) is 19.9 Å². The molecule has 2 N–H and O–H groups in total. The highest BCUT2D eigenvalue weighted by Gasteiger charge is 2.55. The average Bonchev–Trinajstić information content (AvgIpc) is 3.09. The lowest BCUT2D eigenvalue weighted by molar-refractivity contribution is -0.149. The molecule has 1 aromatic heterocycles. The number of hydrogen-bond donors (Lipinski definition) is 2. The second-order valence-corrected chi connectivity index (χ2v) is 9.24. The fourth-order valence-corrected chi connectivity index (χ4v) is 5.91. The quantitative estimate of drug-likeness (QED) is 0.820. The summed E-state index contributed by atoms with van der Waals surface area (Å²) in [5.74, 6) is 2.23. The number of rotatable bonds is 6. The molecule has 4 saturated carbocycles. The third kappa shape index (κ3) is 3.28. The summed E-state index contributed by atoms with van der Waals surface area (Å²) in [5, 5.41) is 6.06. The molecule has 5 rings (SSSR count). The highest BCUT2D eigenvalue weighted by molar-refractivity contribution is 5.90. The van der Waals surface area contributed by atoms with Gasteiger partial charge in [0, 0.05) is 17.5 Å². The van der Waals surface area contributed by atoms with E-state index < -0.39 is 6.04 Å². The number of carbonyl (C=O) groups is 2. The summed E-state index contributed by atoms with van der Waals surface area (Å²) in [6.45, 7) is 4.40. The van der Waals surface area contributed by atoms with Crippen LogP contribution in [0.25, 0.3) is 0 Å². The first-order valence-electron chi connectivity index (χ1n) is 10.0. The molecule has 5 heteroatoms. The van der Waals surface area contributed by atoms with Crippen molar-refractivity contribution in [2.45, 2.75) is 65.0 Å². The summed E-state index contributed by atoms with van der Waals surface area (Å²) in [4.78, 5) is 25.9. The molecule has 4 aliphatic rings. The van der Waals surface area contributed by atoms with Gasteiger partial charge in [-0.05, 0) is 68.3 Å². The molecular weight excluding hydrogens is 328 g/mol. The number of furan rings is 1. The Balaban J connectivity index is 1.41. The minimum absolute atomic E-state index is 0.0530. The smallest absolute Gasteiger partial charge is 0.243 e. The molecule has 1 heterocycles. The maximum Gasteiger partial charge on any atom is 0.243 e. The zero-order valence-corrected chi connectivity index (χ0v) is 15.8. The fraction of sp³-hybridized carbons (Fsp3) is 0.714. The third-order valence-corrected chi connectivity index (χ3v) is 6.80. The van der Waals surface area contributed by atoms with Gasteiger partial charge in [0.05, 0.1) is 12.5 Å². The highest BCUT2D eigenvalue weighted by atomic mass is 16.3. The molecule has 2 amide bonds. The normalized spacial score (nSPS) is 33.3. The second kappa shape index (κ2) is 6.75. The van der Waals surface area contributed by atoms with Gasteiger partial charge in [0.1, 0.15) is 6.04 Å². The Morgan fingerprint density at radius 2 is 1.77 bits per heavy atom. The van der Waals surface area contributed by atoms with E-state index in [0.717, 1.165) is 42.6 Å². The molecule has 1 atom stereocenters. The van der Waals surface area contributed by atoms with Crippen molar-refractivity contribution >= 4 is 11.8 Å². The van der Waals surface area contributed by atoms with Gasteiger partial charge in [-0.15, -0.1) is 0 Å². The first kappa shape index (κ1) is 17.6. The summed E-state index contributed by atoms with van der Waals surface area (Å²) in [7, 11) is 0. The molecule has 4 bridgehead atoms. The van der Waals surface area contributed by atoms with Crippen molar-refractivity contribution in [3.8, 4) is 0 Å². The van der Waals surface area contributed by atoms with E-state index in [4.69, 9.17) is 4.42 Å². The molecule has 4 fully saturated rings. The van der Waals surface area contributed by atoms with Crippen LogP contribution in [0.5, 0.6) is 0 Å². The van der Waals surface area contributed by atoms with E-state index in [1.165, 1.54) is 19.3 Å². The summed E-state index contributed by atoms with van der Waals surface area (Å²) < 4.78 is 5.04. The second-order valence-electron chi connectivity index (χ2n) is 9.24. The number of nitrogens with one attached hydrogen (secondary N) is 2. The van der Waals surface area contributed by atoms with Gasteiger partial charge in [0.2, 0.25) is 11.8 Å². The van der Waals surface area contributed by atoms with Crippen LogP contribution in [0.1, 0.15) is 57.9 Å². The predicted octanol–water partition coefficient (Wildman–Crippen LogP) is 3.25. The van der Waals surface area contributed by atoms with Crippen LogP contribution < -0.4 is 10.6 Å². The zero-order valence-electron chi connectivity index (χ0n) is 15.8. The topological polar surface area (TPSA) is 71.3 Å². The monoisotopic (exact) mass is 358 g/mol. The van der Waals surface area contributed by atoms with Gasteiger partial charge in [-0.2, -0.15) is 0 Å². The van der Waals surface area contributed by atoms with Crippen molar-refractivity contribution in [3.05, 3.63) is 24.2 Å². The molecule has 1 aromatic rings. The Bertz CT molecular complexity index is 630. The van der Waals surface area contributed by atoms with Crippen LogP contribution in [-0.4, -0.2) is 17.9 Å². The minimum atomic E-state index is -0.484. The van der Waals surface area contributed by atoms with Crippen LogP contribution >= 0.6 is 0 Å². The van der Waals surface area contributed by atoms with E-state index in [2.05, 4.69) is 10.6 Å². The molecule has 142 valence electrons. The number of amides is 2. The third-order valence-electron chi connectivity index (χ3n) is 6.80. The van der Waals surface area contributed by atoms with Crippen LogP contribution in [0.3, 0.4) is 0 Å². The summed E-state index contributed by atoms with van der Waals surface area (Å²) >= 11 is 0. The van der Waals surface area contributed by atoms with Crippen molar-refractivity contribution in [2.24, 2.45) is 29.1 Å². The molecule has 5 nitrogen and oxygen atoms in total. The maximum absolute atomic E-state index is 13.2. The Morgan fingerprint density at radius 1 is 1.15 bits per heavy atom. The fourth-order valence-electron chi connectivity index (χ4n) is 5.91.